The summed E-state index contributed by atoms with van der Waals surface area (Å²) < 4.78 is 18.7. The molecule has 0 amide bonds. The van der Waals surface area contributed by atoms with Gasteiger partial charge in [0.2, 0.25) is 0 Å². The number of benzene rings is 2. The summed E-state index contributed by atoms with van der Waals surface area (Å²) in [4.78, 5) is 0. The largest absolute Gasteiger partial charge is 0.372 e. The van der Waals surface area contributed by atoms with Crippen LogP contribution in [-0.4, -0.2) is 0 Å². The summed E-state index contributed by atoms with van der Waals surface area (Å²) in [6.07, 6.45) is 0. The van der Waals surface area contributed by atoms with Gasteiger partial charge in [-0.15, -0.1) is 0 Å². The van der Waals surface area contributed by atoms with E-state index < -0.39 is 0 Å². The summed E-state index contributed by atoms with van der Waals surface area (Å²) >= 11 is 5.89. The smallest absolute Gasteiger partial charge is 0.123 e. The van der Waals surface area contributed by atoms with Gasteiger partial charge in [-0.05, 0) is 41.0 Å². The lowest BCUT2D eigenvalue weighted by atomic mass is 10.1. The van der Waals surface area contributed by atoms with Gasteiger partial charge in [0.05, 0.1) is 13.2 Å². The molecule has 0 heterocycles. The van der Waals surface area contributed by atoms with Crippen LogP contribution in [0.2, 0.25) is 5.02 Å². The maximum absolute atomic E-state index is 13.1. The van der Waals surface area contributed by atoms with E-state index in [1.54, 1.807) is 6.07 Å². The van der Waals surface area contributed by atoms with Gasteiger partial charge in [0.25, 0.3) is 0 Å². The van der Waals surface area contributed by atoms with Crippen LogP contribution in [0, 0.1) is 5.82 Å². The van der Waals surface area contributed by atoms with Crippen LogP contribution in [0.15, 0.2) is 42.5 Å². The predicted molar refractivity (Wildman–Crippen MR) is 74.2 cm³/mol. The molecule has 0 spiro atoms. The molecule has 0 saturated heterocycles. The Kier molecular flexibility index (Phi) is 4.91. The fourth-order valence-electron chi connectivity index (χ4n) is 1.83. The first-order chi connectivity index (χ1) is 9.19. The van der Waals surface area contributed by atoms with Gasteiger partial charge in [0, 0.05) is 11.6 Å². The molecule has 0 radical (unpaired) electrons. The Hall–Kier alpha value is -1.42. The van der Waals surface area contributed by atoms with Crippen LogP contribution in [0.4, 0.5) is 4.39 Å². The van der Waals surface area contributed by atoms with Crippen molar-refractivity contribution in [3.63, 3.8) is 0 Å². The van der Waals surface area contributed by atoms with Gasteiger partial charge in [0.15, 0.2) is 0 Å². The van der Waals surface area contributed by atoms with Gasteiger partial charge in [-0.25, -0.2) is 4.39 Å². The van der Waals surface area contributed by atoms with E-state index in [2.05, 4.69) is 0 Å². The Labute approximate surface area is 117 Å². The van der Waals surface area contributed by atoms with Gasteiger partial charge >= 0.3 is 0 Å². The highest BCUT2D eigenvalue weighted by molar-refractivity contribution is 6.30. The first-order valence-corrected chi connectivity index (χ1v) is 6.36. The summed E-state index contributed by atoms with van der Waals surface area (Å²) in [7, 11) is 0. The van der Waals surface area contributed by atoms with Crippen molar-refractivity contribution in [3.05, 3.63) is 70.0 Å². The molecule has 0 fully saturated rings. The Morgan fingerprint density at radius 1 is 1.05 bits per heavy atom. The topological polar surface area (TPSA) is 35.2 Å². The van der Waals surface area contributed by atoms with Crippen molar-refractivity contribution in [1.82, 2.24) is 0 Å². The van der Waals surface area contributed by atoms with Crippen LogP contribution in [0.3, 0.4) is 0 Å². The van der Waals surface area contributed by atoms with Crippen molar-refractivity contribution in [3.8, 4) is 0 Å². The maximum Gasteiger partial charge on any atom is 0.123 e. The van der Waals surface area contributed by atoms with E-state index in [9.17, 15) is 4.39 Å². The van der Waals surface area contributed by atoms with Crippen molar-refractivity contribution >= 4 is 11.6 Å². The zero-order valence-electron chi connectivity index (χ0n) is 10.4. The highest BCUT2D eigenvalue weighted by Gasteiger charge is 2.03. The number of nitrogens with two attached hydrogens (primary N) is 1. The van der Waals surface area contributed by atoms with Gasteiger partial charge < -0.3 is 10.5 Å². The first kappa shape index (κ1) is 14.0. The Morgan fingerprint density at radius 3 is 2.63 bits per heavy atom. The van der Waals surface area contributed by atoms with Gasteiger partial charge in [0.1, 0.15) is 5.82 Å². The lowest BCUT2D eigenvalue weighted by Crippen LogP contribution is -2.04. The van der Waals surface area contributed by atoms with Gasteiger partial charge in [-0.3, -0.25) is 0 Å². The minimum absolute atomic E-state index is 0.279. The average Bonchev–Trinajstić information content (AvgIpc) is 2.40. The predicted octanol–water partition coefficient (Wildman–Crippen LogP) is 3.65. The number of rotatable bonds is 5. The Balaban J connectivity index is 1.96. The number of halogens is 2. The van der Waals surface area contributed by atoms with E-state index in [4.69, 9.17) is 22.1 Å². The molecular formula is C15H15ClFNO. The highest BCUT2D eigenvalue weighted by Crippen LogP contribution is 2.15. The summed E-state index contributed by atoms with van der Waals surface area (Å²) in [5.41, 5.74) is 8.26. The molecule has 0 aromatic heterocycles. The van der Waals surface area contributed by atoms with E-state index in [1.807, 2.05) is 24.3 Å². The lowest BCUT2D eigenvalue weighted by Gasteiger charge is -2.09. The molecule has 2 aromatic rings. The molecule has 100 valence electrons. The van der Waals surface area contributed by atoms with Crippen molar-refractivity contribution in [2.75, 3.05) is 0 Å². The molecule has 0 bridgehead atoms. The zero-order valence-corrected chi connectivity index (χ0v) is 11.2. The molecule has 0 saturated carbocycles. The fraction of sp³-hybridized carbons (Fsp3) is 0.200. The molecule has 2 nitrogen and oxygen atoms in total. The normalized spacial score (nSPS) is 10.7. The fourth-order valence-corrected chi connectivity index (χ4v) is 2.04. The SMILES string of the molecule is NCc1cc(F)ccc1COCc1cccc(Cl)c1. The van der Waals surface area contributed by atoms with Crippen molar-refractivity contribution in [1.29, 1.82) is 0 Å². The van der Waals surface area contributed by atoms with E-state index in [-0.39, 0.29) is 5.82 Å². The standard InChI is InChI=1S/C15H15ClFNO/c16-14-3-1-2-11(6-14)9-19-10-12-4-5-15(17)7-13(12)8-18/h1-7H,8-10,18H2. The van der Waals surface area contributed by atoms with Crippen LogP contribution in [-0.2, 0) is 24.5 Å². The quantitative estimate of drug-likeness (QED) is 0.907. The molecule has 0 aliphatic carbocycles. The lowest BCUT2D eigenvalue weighted by molar-refractivity contribution is 0.106. The van der Waals surface area contributed by atoms with E-state index in [0.29, 0.717) is 24.8 Å². The third-order valence-electron chi connectivity index (χ3n) is 2.80. The van der Waals surface area contributed by atoms with Crippen molar-refractivity contribution in [2.24, 2.45) is 5.73 Å². The summed E-state index contributed by atoms with van der Waals surface area (Å²) in [6, 6.07) is 12.1. The molecule has 0 unspecified atom stereocenters. The third kappa shape index (κ3) is 4.03. The van der Waals surface area contributed by atoms with Crippen LogP contribution in [0.25, 0.3) is 0 Å². The molecular weight excluding hydrogens is 265 g/mol. The van der Waals surface area contributed by atoms with Crippen LogP contribution in [0.1, 0.15) is 16.7 Å². The molecule has 0 aliphatic heterocycles. The molecule has 0 aliphatic rings. The molecule has 2 rings (SSSR count). The summed E-state index contributed by atoms with van der Waals surface area (Å²) in [5.74, 6) is -0.279. The van der Waals surface area contributed by atoms with Crippen LogP contribution >= 0.6 is 11.6 Å². The molecule has 2 aromatic carbocycles. The summed E-state index contributed by atoms with van der Waals surface area (Å²) in [5, 5.41) is 0.686. The zero-order chi connectivity index (χ0) is 13.7. The molecule has 19 heavy (non-hydrogen) atoms. The monoisotopic (exact) mass is 279 g/mol. The number of hydrogen-bond acceptors (Lipinski definition) is 2. The Bertz CT molecular complexity index is 560. The number of ether oxygens (including phenoxy) is 1. The van der Waals surface area contributed by atoms with Crippen LogP contribution < -0.4 is 5.73 Å². The second kappa shape index (κ2) is 6.66. The second-order valence-corrected chi connectivity index (χ2v) is 4.68. The van der Waals surface area contributed by atoms with Crippen LogP contribution in [0.5, 0.6) is 0 Å². The minimum Gasteiger partial charge on any atom is -0.372 e. The van der Waals surface area contributed by atoms with Gasteiger partial charge in [-0.2, -0.15) is 0 Å². The molecule has 0 atom stereocenters. The maximum atomic E-state index is 13.1. The van der Waals surface area contributed by atoms with E-state index >= 15 is 0 Å². The Morgan fingerprint density at radius 2 is 1.89 bits per heavy atom. The van der Waals surface area contributed by atoms with Crippen molar-refractivity contribution < 1.29 is 9.13 Å². The minimum atomic E-state index is -0.279. The van der Waals surface area contributed by atoms with E-state index in [0.717, 1.165) is 16.7 Å². The van der Waals surface area contributed by atoms with Gasteiger partial charge in [-0.1, -0.05) is 29.8 Å². The first-order valence-electron chi connectivity index (χ1n) is 5.98. The number of hydrogen-bond donors (Lipinski definition) is 1. The third-order valence-corrected chi connectivity index (χ3v) is 3.04. The molecule has 4 heteroatoms. The highest BCUT2D eigenvalue weighted by atomic mass is 35.5. The van der Waals surface area contributed by atoms with E-state index in [1.165, 1.54) is 12.1 Å². The van der Waals surface area contributed by atoms with Crippen molar-refractivity contribution in [2.45, 2.75) is 19.8 Å². The average molecular weight is 280 g/mol. The summed E-state index contributed by atoms with van der Waals surface area (Å²) in [6.45, 7) is 1.16. The molecule has 2 N–H and O–H groups in total. The second-order valence-electron chi connectivity index (χ2n) is 4.24.